The number of carbonyl (C=O) groups excluding carboxylic acids is 1. The van der Waals surface area contributed by atoms with E-state index in [1.807, 2.05) is 6.92 Å². The molecule has 1 heterocycles. The fourth-order valence-electron chi connectivity index (χ4n) is 3.09. The van der Waals surface area contributed by atoms with E-state index in [2.05, 4.69) is 0 Å². The molecule has 1 aromatic carbocycles. The van der Waals surface area contributed by atoms with E-state index in [9.17, 15) is 13.2 Å². The minimum absolute atomic E-state index is 0.155. The van der Waals surface area contributed by atoms with Crippen LogP contribution in [-0.4, -0.2) is 37.2 Å². The van der Waals surface area contributed by atoms with Crippen molar-refractivity contribution in [1.82, 2.24) is 0 Å². The van der Waals surface area contributed by atoms with Crippen molar-refractivity contribution in [1.29, 1.82) is 0 Å². The number of carbonyl (C=O) groups is 1. The molecule has 2 aliphatic rings. The number of allylic oxidation sites excluding steroid dienone is 2. The summed E-state index contributed by atoms with van der Waals surface area (Å²) in [4.78, 5) is 12.0. The second-order valence-electron chi connectivity index (χ2n) is 6.37. The van der Waals surface area contributed by atoms with E-state index in [1.165, 1.54) is 0 Å². The summed E-state index contributed by atoms with van der Waals surface area (Å²) < 4.78 is 27.4. The molecule has 119 valence electrons. The van der Waals surface area contributed by atoms with Gasteiger partial charge in [-0.2, -0.15) is 0 Å². The van der Waals surface area contributed by atoms with Crippen molar-refractivity contribution >= 4 is 50.3 Å². The quantitative estimate of drug-likeness (QED) is 0.745. The van der Waals surface area contributed by atoms with Gasteiger partial charge in [0.2, 0.25) is 0 Å². The van der Waals surface area contributed by atoms with Crippen LogP contribution in [0, 0.1) is 11.3 Å². The topological polar surface area (TPSA) is 77.2 Å². The molecular weight excluding hydrogens is 437 g/mol. The zero-order valence-electron chi connectivity index (χ0n) is 12.6. The standard InChI is InChI=1S/C16H16ClNO3S.In/c1-16(11-14(16)15(18)19)9-7-13(8-10-17)22(20,21)12-5-3-2-4-6-12;/h2-6,8,14H,9,11H2,1H3,(H2,18,19);. The molecule has 1 aliphatic carbocycles. The first-order valence-electron chi connectivity index (χ1n) is 7.29. The van der Waals surface area contributed by atoms with Gasteiger partial charge in [-0.1, -0.05) is 0 Å². The average molecular weight is 453 g/mol. The first-order chi connectivity index (χ1) is 10.7. The van der Waals surface area contributed by atoms with Crippen LogP contribution in [0.5, 0.6) is 0 Å². The zero-order chi connectivity index (χ0) is 16.8. The number of hydrogen-bond acceptors (Lipinski definition) is 3. The monoisotopic (exact) mass is 452 g/mol. The summed E-state index contributed by atoms with van der Waals surface area (Å²) in [7, 11) is -3.55. The first kappa shape index (κ1) is 17.1. The van der Waals surface area contributed by atoms with Crippen LogP contribution in [0.15, 0.2) is 52.3 Å². The molecule has 1 radical (unpaired) electrons. The Labute approximate surface area is 152 Å². The number of benzene rings is 1. The molecule has 23 heavy (non-hydrogen) atoms. The van der Waals surface area contributed by atoms with Crippen LogP contribution < -0.4 is 5.73 Å². The van der Waals surface area contributed by atoms with Crippen molar-refractivity contribution in [2.45, 2.75) is 24.7 Å². The Kier molecular flexibility index (Phi) is 4.44. The van der Waals surface area contributed by atoms with Crippen LogP contribution >= 0.6 is 11.6 Å². The van der Waals surface area contributed by atoms with Crippen molar-refractivity contribution < 1.29 is 13.2 Å². The molecule has 1 saturated carbocycles. The maximum atomic E-state index is 12.9. The molecule has 1 fully saturated rings. The molecule has 1 amide bonds. The Hall–Kier alpha value is -0.720. The Morgan fingerprint density at radius 3 is 2.61 bits per heavy atom. The second-order valence-corrected chi connectivity index (χ2v) is 14.4. The third-order valence-corrected chi connectivity index (χ3v) is 11.5. The van der Waals surface area contributed by atoms with Gasteiger partial charge in [-0.3, -0.25) is 0 Å². The van der Waals surface area contributed by atoms with E-state index in [0.29, 0.717) is 14.1 Å². The Morgan fingerprint density at radius 2 is 2.04 bits per heavy atom. The van der Waals surface area contributed by atoms with Crippen molar-refractivity contribution in [2.24, 2.45) is 17.1 Å². The molecule has 0 aromatic heterocycles. The normalized spacial score (nSPS) is 26.7. The van der Waals surface area contributed by atoms with E-state index < -0.39 is 32.7 Å². The van der Waals surface area contributed by atoms with Crippen LogP contribution in [0.3, 0.4) is 0 Å². The average Bonchev–Trinajstić information content (AvgIpc) is 3.02. The van der Waals surface area contributed by atoms with E-state index in [4.69, 9.17) is 17.3 Å². The predicted molar refractivity (Wildman–Crippen MR) is 90.4 cm³/mol. The first-order valence-corrected chi connectivity index (χ1v) is 12.4. The Bertz CT molecular complexity index is 832. The number of halogens is 1. The van der Waals surface area contributed by atoms with Crippen LogP contribution in [0.4, 0.5) is 0 Å². The molecule has 2 N–H and O–H groups in total. The van der Waals surface area contributed by atoms with Gasteiger partial charge in [0.25, 0.3) is 0 Å². The van der Waals surface area contributed by atoms with Gasteiger partial charge in [0.1, 0.15) is 0 Å². The molecule has 0 bridgehead atoms. The van der Waals surface area contributed by atoms with Gasteiger partial charge >= 0.3 is 153 Å². The fraction of sp³-hybridized carbons (Fsp3) is 0.312. The Balaban J connectivity index is 1.96. The van der Waals surface area contributed by atoms with Crippen LogP contribution in [0.25, 0.3) is 0 Å². The maximum absolute atomic E-state index is 12.9. The predicted octanol–water partition coefficient (Wildman–Crippen LogP) is 2.37. The van der Waals surface area contributed by atoms with Crippen molar-refractivity contribution in [3.8, 4) is 0 Å². The van der Waals surface area contributed by atoms with Crippen LogP contribution in [0.2, 0.25) is 0 Å². The van der Waals surface area contributed by atoms with Crippen molar-refractivity contribution in [3.05, 3.63) is 47.4 Å². The summed E-state index contributed by atoms with van der Waals surface area (Å²) in [6.07, 6.45) is 2.95. The number of rotatable bonds is 5. The molecule has 2 unspecified atom stereocenters. The number of nitrogens with two attached hydrogens (primary N) is 1. The molecule has 7 heteroatoms. The molecular formula is C16H16ClInNO3S. The van der Waals surface area contributed by atoms with E-state index in [1.54, 1.807) is 36.4 Å². The summed E-state index contributed by atoms with van der Waals surface area (Å²) >= 11 is 4.72. The number of sulfone groups is 1. The summed E-state index contributed by atoms with van der Waals surface area (Å²) in [5.74, 6) is -0.455. The molecule has 0 saturated heterocycles. The van der Waals surface area contributed by atoms with Crippen molar-refractivity contribution in [3.63, 3.8) is 0 Å². The van der Waals surface area contributed by atoms with Crippen LogP contribution in [0.1, 0.15) is 19.8 Å². The van der Waals surface area contributed by atoms with Gasteiger partial charge in [-0.15, -0.1) is 0 Å². The van der Waals surface area contributed by atoms with Gasteiger partial charge in [0.15, 0.2) is 0 Å². The van der Waals surface area contributed by atoms with Gasteiger partial charge in [-0.25, -0.2) is 0 Å². The molecule has 3 rings (SSSR count). The van der Waals surface area contributed by atoms with E-state index in [-0.39, 0.29) is 22.1 Å². The SMILES string of the molecule is CC1(C[C]2=C(S(=O)(=O)c3ccccc3)C=[C](Cl)[In]2)CC1C(N)=O. The van der Waals surface area contributed by atoms with Gasteiger partial charge in [0, 0.05) is 0 Å². The van der Waals surface area contributed by atoms with Crippen LogP contribution in [-0.2, 0) is 14.6 Å². The van der Waals surface area contributed by atoms with Gasteiger partial charge < -0.3 is 0 Å². The molecule has 0 spiro atoms. The molecule has 2 atom stereocenters. The third kappa shape index (κ3) is 3.26. The summed E-state index contributed by atoms with van der Waals surface area (Å²) in [5.41, 5.74) is 5.18. The number of hydrogen-bond donors (Lipinski definition) is 1. The third-order valence-electron chi connectivity index (χ3n) is 4.53. The minimum atomic E-state index is -3.55. The van der Waals surface area contributed by atoms with Gasteiger partial charge in [-0.05, 0) is 0 Å². The van der Waals surface area contributed by atoms with Gasteiger partial charge in [0.05, 0.1) is 0 Å². The summed E-state index contributed by atoms with van der Waals surface area (Å²) in [6, 6.07) is 8.39. The Morgan fingerprint density at radius 1 is 1.39 bits per heavy atom. The summed E-state index contributed by atoms with van der Waals surface area (Å²) in [5, 5.41) is 0. The fourth-order valence-corrected chi connectivity index (χ4v) is 11.6. The molecule has 1 aromatic rings. The summed E-state index contributed by atoms with van der Waals surface area (Å²) in [6.45, 7) is 2.00. The molecule has 1 aliphatic heterocycles. The number of primary amides is 1. The van der Waals surface area contributed by atoms with E-state index >= 15 is 0 Å². The zero-order valence-corrected chi connectivity index (χ0v) is 17.5. The molecule has 4 nitrogen and oxygen atoms in total. The van der Waals surface area contributed by atoms with Crippen molar-refractivity contribution in [2.75, 3.05) is 0 Å². The second kappa shape index (κ2) is 5.97. The number of amides is 1. The van der Waals surface area contributed by atoms with E-state index in [0.717, 1.165) is 9.75 Å².